The number of carbonyl (C=O) groups excluding carboxylic acids is 1. The maximum absolute atomic E-state index is 13.5. The number of nitrogens with two attached hydrogens (primary N) is 1. The molecule has 2 N–H and O–H groups in total. The van der Waals surface area contributed by atoms with Crippen LogP contribution in [0.25, 0.3) is 11.1 Å². The lowest BCUT2D eigenvalue weighted by Crippen LogP contribution is -2.32. The summed E-state index contributed by atoms with van der Waals surface area (Å²) in [5, 5.41) is 0.470. The van der Waals surface area contributed by atoms with Gasteiger partial charge in [-0.2, -0.15) is 0 Å². The minimum Gasteiger partial charge on any atom is -0.475 e. The van der Waals surface area contributed by atoms with Crippen LogP contribution < -0.4 is 15.4 Å². The number of ether oxygens (including phenoxy) is 1. The van der Waals surface area contributed by atoms with Crippen LogP contribution in [-0.4, -0.2) is 29.0 Å². The standard InChI is InChI=1S/C21H18ClFN4O2/c1-12(23)14-4-7-16(17(22)10-14)13-2-5-15(6-3-13)27-8-9-29-20-18(21(27)28)19(24)25-11-26-20/h2-7,10-12H,8-9H2,1H3,(H2,24,25,26). The molecule has 0 saturated heterocycles. The maximum Gasteiger partial charge on any atom is 0.267 e. The van der Waals surface area contributed by atoms with E-state index in [0.717, 1.165) is 11.1 Å². The highest BCUT2D eigenvalue weighted by Gasteiger charge is 2.28. The Balaban J connectivity index is 1.65. The Bertz CT molecular complexity index is 1070. The quantitative estimate of drug-likeness (QED) is 0.687. The molecule has 1 unspecified atom stereocenters. The van der Waals surface area contributed by atoms with Crippen molar-refractivity contribution in [2.24, 2.45) is 0 Å². The van der Waals surface area contributed by atoms with E-state index in [-0.39, 0.29) is 29.8 Å². The van der Waals surface area contributed by atoms with Gasteiger partial charge in [0.15, 0.2) is 0 Å². The van der Waals surface area contributed by atoms with Crippen LogP contribution in [0.3, 0.4) is 0 Å². The van der Waals surface area contributed by atoms with Crippen molar-refractivity contribution >= 4 is 29.0 Å². The molecule has 1 aliphatic rings. The maximum atomic E-state index is 13.5. The van der Waals surface area contributed by atoms with Gasteiger partial charge >= 0.3 is 0 Å². The van der Waals surface area contributed by atoms with Crippen molar-refractivity contribution in [2.45, 2.75) is 13.1 Å². The number of nitrogens with zero attached hydrogens (tertiary/aromatic N) is 3. The molecule has 29 heavy (non-hydrogen) atoms. The average molecular weight is 413 g/mol. The number of anilines is 2. The second-order valence-electron chi connectivity index (χ2n) is 6.65. The van der Waals surface area contributed by atoms with E-state index in [1.165, 1.54) is 13.3 Å². The first-order valence-corrected chi connectivity index (χ1v) is 9.42. The fourth-order valence-electron chi connectivity index (χ4n) is 3.24. The Morgan fingerprint density at radius 2 is 1.97 bits per heavy atom. The normalized spacial score (nSPS) is 14.7. The van der Waals surface area contributed by atoms with Gasteiger partial charge in [0.1, 0.15) is 30.5 Å². The fraction of sp³-hybridized carbons (Fsp3) is 0.190. The van der Waals surface area contributed by atoms with Gasteiger partial charge in [-0.3, -0.25) is 4.79 Å². The summed E-state index contributed by atoms with van der Waals surface area (Å²) in [5.41, 5.74) is 8.90. The van der Waals surface area contributed by atoms with Crippen LogP contribution >= 0.6 is 11.6 Å². The number of carbonyl (C=O) groups is 1. The molecule has 8 heteroatoms. The first-order valence-electron chi connectivity index (χ1n) is 9.05. The third kappa shape index (κ3) is 3.61. The van der Waals surface area contributed by atoms with E-state index in [4.69, 9.17) is 22.1 Å². The van der Waals surface area contributed by atoms with Crippen molar-refractivity contribution in [3.05, 3.63) is 64.9 Å². The van der Waals surface area contributed by atoms with Crippen LogP contribution in [0.15, 0.2) is 48.8 Å². The zero-order valence-electron chi connectivity index (χ0n) is 15.6. The van der Waals surface area contributed by atoms with Crippen molar-refractivity contribution in [3.63, 3.8) is 0 Å². The number of aromatic nitrogens is 2. The van der Waals surface area contributed by atoms with E-state index in [2.05, 4.69) is 9.97 Å². The minimum atomic E-state index is -1.08. The van der Waals surface area contributed by atoms with Gasteiger partial charge in [0.25, 0.3) is 5.91 Å². The van der Waals surface area contributed by atoms with E-state index in [1.807, 2.05) is 24.3 Å². The van der Waals surface area contributed by atoms with Gasteiger partial charge in [0, 0.05) is 16.3 Å². The molecule has 0 spiro atoms. The molecular weight excluding hydrogens is 395 g/mol. The minimum absolute atomic E-state index is 0.0810. The Morgan fingerprint density at radius 3 is 2.66 bits per heavy atom. The molecule has 1 aromatic heterocycles. The lowest BCUT2D eigenvalue weighted by Gasteiger charge is -2.20. The van der Waals surface area contributed by atoms with Crippen LogP contribution in [-0.2, 0) is 0 Å². The van der Waals surface area contributed by atoms with E-state index >= 15 is 0 Å². The summed E-state index contributed by atoms with van der Waals surface area (Å²) in [6.07, 6.45) is 0.185. The molecule has 148 valence electrons. The van der Waals surface area contributed by atoms with Crippen molar-refractivity contribution in [2.75, 3.05) is 23.8 Å². The zero-order valence-corrected chi connectivity index (χ0v) is 16.4. The predicted octanol–water partition coefficient (Wildman–Crippen LogP) is 4.45. The smallest absolute Gasteiger partial charge is 0.267 e. The molecule has 3 aromatic rings. The lowest BCUT2D eigenvalue weighted by molar-refractivity contribution is 0.0990. The number of benzene rings is 2. The number of amides is 1. The molecule has 0 saturated carbocycles. The summed E-state index contributed by atoms with van der Waals surface area (Å²) in [6.45, 7) is 2.10. The monoisotopic (exact) mass is 412 g/mol. The van der Waals surface area contributed by atoms with Crippen LogP contribution in [0.5, 0.6) is 5.88 Å². The largest absolute Gasteiger partial charge is 0.475 e. The highest BCUT2D eigenvalue weighted by Crippen LogP contribution is 2.33. The second kappa shape index (κ2) is 7.67. The van der Waals surface area contributed by atoms with Crippen molar-refractivity contribution < 1.29 is 13.9 Å². The molecule has 0 fully saturated rings. The summed E-state index contributed by atoms with van der Waals surface area (Å²) in [5.74, 6) is -0.0456. The number of rotatable bonds is 3. The highest BCUT2D eigenvalue weighted by atomic mass is 35.5. The molecular formula is C21H18ClFN4O2. The van der Waals surface area contributed by atoms with E-state index in [0.29, 0.717) is 22.8 Å². The number of halogens is 2. The molecule has 2 heterocycles. The summed E-state index contributed by atoms with van der Waals surface area (Å²) >= 11 is 6.34. The van der Waals surface area contributed by atoms with E-state index < -0.39 is 6.17 Å². The number of fused-ring (bicyclic) bond motifs is 1. The molecule has 0 radical (unpaired) electrons. The molecule has 1 atom stereocenters. The predicted molar refractivity (Wildman–Crippen MR) is 110 cm³/mol. The Labute approximate surface area is 172 Å². The number of hydrogen-bond acceptors (Lipinski definition) is 5. The van der Waals surface area contributed by atoms with Gasteiger partial charge in [-0.15, -0.1) is 0 Å². The van der Waals surface area contributed by atoms with Crippen molar-refractivity contribution in [1.82, 2.24) is 9.97 Å². The topological polar surface area (TPSA) is 81.3 Å². The van der Waals surface area contributed by atoms with Crippen molar-refractivity contribution in [1.29, 1.82) is 0 Å². The molecule has 6 nitrogen and oxygen atoms in total. The molecule has 2 aromatic carbocycles. The van der Waals surface area contributed by atoms with E-state index in [9.17, 15) is 9.18 Å². The van der Waals surface area contributed by atoms with Gasteiger partial charge in [-0.05, 0) is 36.2 Å². The average Bonchev–Trinajstić information content (AvgIpc) is 2.88. The van der Waals surface area contributed by atoms with Crippen LogP contribution in [0.1, 0.15) is 29.0 Å². The fourth-order valence-corrected chi connectivity index (χ4v) is 3.54. The molecule has 0 bridgehead atoms. The summed E-state index contributed by atoms with van der Waals surface area (Å²) in [4.78, 5) is 22.5. The Morgan fingerprint density at radius 1 is 1.21 bits per heavy atom. The summed E-state index contributed by atoms with van der Waals surface area (Å²) < 4.78 is 19.0. The van der Waals surface area contributed by atoms with Crippen LogP contribution in [0.4, 0.5) is 15.9 Å². The van der Waals surface area contributed by atoms with Gasteiger partial charge in [-0.1, -0.05) is 35.9 Å². The Hall–Kier alpha value is -3.19. The third-order valence-electron chi connectivity index (χ3n) is 4.80. The number of alkyl halides is 1. The summed E-state index contributed by atoms with van der Waals surface area (Å²) in [6, 6.07) is 12.5. The van der Waals surface area contributed by atoms with Crippen LogP contribution in [0, 0.1) is 0 Å². The van der Waals surface area contributed by atoms with Crippen molar-refractivity contribution in [3.8, 4) is 17.0 Å². The third-order valence-corrected chi connectivity index (χ3v) is 5.11. The number of hydrogen-bond donors (Lipinski definition) is 1. The van der Waals surface area contributed by atoms with Crippen LogP contribution in [0.2, 0.25) is 5.02 Å². The first-order chi connectivity index (χ1) is 14.0. The van der Waals surface area contributed by atoms with Gasteiger partial charge < -0.3 is 15.4 Å². The first kappa shape index (κ1) is 19.1. The van der Waals surface area contributed by atoms with E-state index in [1.54, 1.807) is 23.1 Å². The van der Waals surface area contributed by atoms with Gasteiger partial charge in [0.05, 0.1) is 6.54 Å². The molecule has 1 amide bonds. The number of nitrogen functional groups attached to an aromatic ring is 1. The molecule has 0 aliphatic carbocycles. The zero-order chi connectivity index (χ0) is 20.5. The SMILES string of the molecule is CC(F)c1ccc(-c2ccc(N3CCOc4ncnc(N)c4C3=O)cc2)c(Cl)c1. The summed E-state index contributed by atoms with van der Waals surface area (Å²) in [7, 11) is 0. The van der Waals surface area contributed by atoms with Gasteiger partial charge in [0.2, 0.25) is 5.88 Å². The second-order valence-corrected chi connectivity index (χ2v) is 7.05. The molecule has 1 aliphatic heterocycles. The Kier molecular flexibility index (Phi) is 5.07. The van der Waals surface area contributed by atoms with Gasteiger partial charge in [-0.25, -0.2) is 14.4 Å². The molecule has 4 rings (SSSR count). The lowest BCUT2D eigenvalue weighted by atomic mass is 10.0. The highest BCUT2D eigenvalue weighted by molar-refractivity contribution is 6.33.